The maximum Gasteiger partial charge on any atom is 2.00 e. The number of benzene rings is 6. The molecule has 0 radical (unpaired) electrons. The summed E-state index contributed by atoms with van der Waals surface area (Å²) in [6.45, 7) is 8.73. The fourth-order valence-corrected chi connectivity index (χ4v) is 10.8. The maximum absolute atomic E-state index is 6.90. The van der Waals surface area contributed by atoms with Crippen LogP contribution in [0.2, 0.25) is 0 Å². The van der Waals surface area contributed by atoms with Gasteiger partial charge in [-0.25, -0.2) is 0 Å². The molecule has 0 atom stereocenters. The first-order chi connectivity index (χ1) is 28.9. The Labute approximate surface area is 373 Å². The van der Waals surface area contributed by atoms with Crippen LogP contribution >= 0.6 is 22.7 Å². The van der Waals surface area contributed by atoms with Crippen molar-refractivity contribution in [1.29, 1.82) is 0 Å². The minimum atomic E-state index is 0. The number of hydrogen-bond donors (Lipinski definition) is 0. The first-order valence-electron chi connectivity index (χ1n) is 19.7. The molecule has 0 saturated heterocycles. The minimum absolute atomic E-state index is 0. The normalized spacial score (nSPS) is 11.2. The zero-order valence-corrected chi connectivity index (χ0v) is 37.4. The quantitative estimate of drug-likeness (QED) is 0.142. The van der Waals surface area contributed by atoms with Gasteiger partial charge in [-0.2, -0.15) is 0 Å². The van der Waals surface area contributed by atoms with Crippen molar-refractivity contribution in [1.82, 2.24) is 9.97 Å². The van der Waals surface area contributed by atoms with Crippen LogP contribution in [-0.4, -0.2) is 9.97 Å². The van der Waals surface area contributed by atoms with Gasteiger partial charge in [0.2, 0.25) is 0 Å². The Hall–Kier alpha value is -5.97. The van der Waals surface area contributed by atoms with E-state index in [0.717, 1.165) is 64.9 Å². The predicted octanol–water partition coefficient (Wildman–Crippen LogP) is 15.5. The van der Waals surface area contributed by atoms with Crippen molar-refractivity contribution in [2.75, 3.05) is 0 Å². The summed E-state index contributed by atoms with van der Waals surface area (Å²) in [5, 5.41) is 2.31. The topological polar surface area (TPSA) is 35.0 Å². The van der Waals surface area contributed by atoms with Crippen LogP contribution in [0.5, 0.6) is 11.5 Å². The number of aryl methyl sites for hydroxylation is 4. The summed E-state index contributed by atoms with van der Waals surface area (Å²) in [5.74, 6) is 1.16. The molecular formula is C54H38N2OPtS2. The Kier molecular flexibility index (Phi) is 10.9. The van der Waals surface area contributed by atoms with Crippen LogP contribution in [0.15, 0.2) is 158 Å². The Morgan fingerprint density at radius 1 is 0.433 bits per heavy atom. The molecule has 0 aliphatic carbocycles. The first-order valence-corrected chi connectivity index (χ1v) is 21.3. The molecule has 0 fully saturated rings. The van der Waals surface area contributed by atoms with E-state index in [2.05, 4.69) is 173 Å². The summed E-state index contributed by atoms with van der Waals surface area (Å²) >= 11 is 3.56. The molecule has 0 N–H and O–H groups in total. The first kappa shape index (κ1) is 39.5. The molecule has 0 saturated carbocycles. The fourth-order valence-electron chi connectivity index (χ4n) is 8.13. The standard InChI is InChI=1S/C54H38N2OS2.Pt/c1-33-13-11-14-34(2)49(33)47-31-39-21-23-55-51(53(39)58-47)43-25-41(37-17-7-5-8-18-37)27-45(29-43)57-46-28-42(38-19-9-6-10-20-38)26-44(30-46)52-54-40(22-24-56-52)32-48(59-54)50-35(3)15-12-16-36(50)4;/h5-28,31-32H,1-4H3;/q-2;+2. The van der Waals surface area contributed by atoms with E-state index in [-0.39, 0.29) is 21.1 Å². The number of pyridine rings is 2. The molecule has 6 heteroatoms. The molecule has 10 rings (SSSR count). The van der Waals surface area contributed by atoms with Crippen LogP contribution in [0.1, 0.15) is 22.3 Å². The third-order valence-electron chi connectivity index (χ3n) is 11.0. The van der Waals surface area contributed by atoms with Gasteiger partial charge in [0.1, 0.15) is 0 Å². The van der Waals surface area contributed by atoms with Crippen molar-refractivity contribution in [3.8, 4) is 77.1 Å². The molecule has 0 aliphatic heterocycles. The van der Waals surface area contributed by atoms with Gasteiger partial charge >= 0.3 is 21.1 Å². The van der Waals surface area contributed by atoms with E-state index in [9.17, 15) is 0 Å². The molecule has 10 aromatic rings. The van der Waals surface area contributed by atoms with E-state index >= 15 is 0 Å². The van der Waals surface area contributed by atoms with Gasteiger partial charge in [-0.1, -0.05) is 132 Å². The molecule has 0 bridgehead atoms. The van der Waals surface area contributed by atoms with Crippen LogP contribution in [0.25, 0.3) is 85.8 Å². The van der Waals surface area contributed by atoms with E-state index in [1.807, 2.05) is 24.5 Å². The SMILES string of the molecule is Cc1cccc(C)c1-c1cc2ccnc(-c3[c-]c(Oc4[c-]c(-c5nccc6cc(-c7c(C)cccc7C)sc56)cc(-c5ccccc5)c4)cc(-c4ccccc4)c3)c2s1.[Pt+2]. The van der Waals surface area contributed by atoms with Gasteiger partial charge < -0.3 is 14.7 Å². The molecule has 0 unspecified atom stereocenters. The van der Waals surface area contributed by atoms with Gasteiger partial charge in [-0.15, -0.1) is 45.9 Å². The van der Waals surface area contributed by atoms with Crippen molar-refractivity contribution in [3.63, 3.8) is 0 Å². The van der Waals surface area contributed by atoms with Gasteiger partial charge in [-0.3, -0.25) is 0 Å². The van der Waals surface area contributed by atoms with E-state index in [4.69, 9.17) is 14.7 Å². The molecule has 3 nitrogen and oxygen atoms in total. The monoisotopic (exact) mass is 989 g/mol. The number of aromatic nitrogens is 2. The van der Waals surface area contributed by atoms with Crippen molar-refractivity contribution >= 4 is 42.8 Å². The average molecular weight is 990 g/mol. The molecule has 60 heavy (non-hydrogen) atoms. The molecule has 4 heterocycles. The third-order valence-corrected chi connectivity index (χ3v) is 13.3. The number of hydrogen-bond acceptors (Lipinski definition) is 5. The number of fused-ring (bicyclic) bond motifs is 2. The Morgan fingerprint density at radius 3 is 1.23 bits per heavy atom. The summed E-state index contributed by atoms with van der Waals surface area (Å²) in [6.07, 6.45) is 3.80. The van der Waals surface area contributed by atoms with Crippen LogP contribution in [0.3, 0.4) is 0 Å². The maximum atomic E-state index is 6.90. The number of thiophene rings is 2. The van der Waals surface area contributed by atoms with Crippen LogP contribution in [-0.2, 0) is 21.1 Å². The van der Waals surface area contributed by atoms with Crippen LogP contribution in [0, 0.1) is 39.8 Å². The van der Waals surface area contributed by atoms with Gasteiger partial charge in [-0.05, 0) is 107 Å². The van der Waals surface area contributed by atoms with Gasteiger partial charge in [0.25, 0.3) is 0 Å². The molecule has 0 amide bonds. The molecule has 6 aromatic carbocycles. The van der Waals surface area contributed by atoms with Crippen molar-refractivity contribution in [3.05, 3.63) is 192 Å². The zero-order chi connectivity index (χ0) is 40.0. The van der Waals surface area contributed by atoms with Crippen LogP contribution in [0.4, 0.5) is 0 Å². The predicted molar refractivity (Wildman–Crippen MR) is 249 cm³/mol. The molecule has 0 aliphatic rings. The second kappa shape index (κ2) is 16.6. The van der Waals surface area contributed by atoms with E-state index in [1.165, 1.54) is 43.1 Å². The van der Waals surface area contributed by atoms with E-state index in [1.54, 1.807) is 22.7 Å². The summed E-state index contributed by atoms with van der Waals surface area (Å²) < 4.78 is 9.14. The Balaban J connectivity index is 0.00000462. The summed E-state index contributed by atoms with van der Waals surface area (Å²) in [5.41, 5.74) is 15.3. The van der Waals surface area contributed by atoms with Gasteiger partial charge in [0.15, 0.2) is 0 Å². The average Bonchev–Trinajstić information content (AvgIpc) is 3.89. The van der Waals surface area contributed by atoms with Crippen molar-refractivity contribution in [2.24, 2.45) is 0 Å². The van der Waals surface area contributed by atoms with Crippen molar-refractivity contribution in [2.45, 2.75) is 27.7 Å². The number of ether oxygens (including phenoxy) is 1. The summed E-state index contributed by atoms with van der Waals surface area (Å²) in [4.78, 5) is 12.4. The Morgan fingerprint density at radius 2 is 0.833 bits per heavy atom. The Bertz CT molecular complexity index is 2930. The molecule has 0 spiro atoms. The number of nitrogens with zero attached hydrogens (tertiary/aromatic N) is 2. The molecule has 292 valence electrons. The fraction of sp³-hybridized carbons (Fsp3) is 0.0741. The zero-order valence-electron chi connectivity index (χ0n) is 33.4. The number of rotatable bonds is 8. The van der Waals surface area contributed by atoms with Crippen molar-refractivity contribution < 1.29 is 25.8 Å². The van der Waals surface area contributed by atoms with Crippen LogP contribution < -0.4 is 4.74 Å². The molecule has 4 aromatic heterocycles. The molecular weight excluding hydrogens is 952 g/mol. The third kappa shape index (κ3) is 7.54. The van der Waals surface area contributed by atoms with E-state index in [0.29, 0.717) is 11.5 Å². The summed E-state index contributed by atoms with van der Waals surface area (Å²) in [7, 11) is 0. The van der Waals surface area contributed by atoms with Gasteiger partial charge in [0, 0.05) is 54.4 Å². The summed E-state index contributed by atoms with van der Waals surface area (Å²) in [6, 6.07) is 58.4. The second-order valence-corrected chi connectivity index (χ2v) is 17.1. The smallest absolute Gasteiger partial charge is 0.497 e. The minimum Gasteiger partial charge on any atom is -0.497 e. The largest absolute Gasteiger partial charge is 2.00 e. The van der Waals surface area contributed by atoms with E-state index < -0.39 is 0 Å². The van der Waals surface area contributed by atoms with Gasteiger partial charge in [0.05, 0.1) is 0 Å². The second-order valence-electron chi connectivity index (χ2n) is 15.0.